The van der Waals surface area contributed by atoms with Crippen molar-refractivity contribution in [3.8, 4) is 17.2 Å². The number of methoxy groups -OCH3 is 3. The highest BCUT2D eigenvalue weighted by molar-refractivity contribution is 5.95. The Kier molecular flexibility index (Phi) is 51.7. The van der Waals surface area contributed by atoms with Crippen LogP contribution in [-0.4, -0.2) is 369 Å². The third kappa shape index (κ3) is 46.2. The van der Waals surface area contributed by atoms with Crippen molar-refractivity contribution in [2.45, 2.75) is 378 Å². The van der Waals surface area contributed by atoms with E-state index in [1.807, 2.05) is 69.3 Å². The van der Waals surface area contributed by atoms with Gasteiger partial charge in [-0.2, -0.15) is 0 Å². The molecule has 26 nitrogen and oxygen atoms in total. The van der Waals surface area contributed by atoms with E-state index in [4.69, 9.17) is 23.7 Å². The summed E-state index contributed by atoms with van der Waals surface area (Å²) in [6.07, 6.45) is 18.6. The zero-order valence-corrected chi connectivity index (χ0v) is 95.7. The van der Waals surface area contributed by atoms with E-state index < -0.39 is 0 Å². The molecule has 2 atom stereocenters. The number of nitrogens with one attached hydrogen (secondary N) is 2. The van der Waals surface area contributed by atoms with E-state index in [1.165, 1.54) is 122 Å². The van der Waals surface area contributed by atoms with E-state index in [-0.39, 0.29) is 56.9 Å². The monoisotopic (exact) mass is 1960 g/mol. The molecule has 5 amide bonds. The maximum absolute atomic E-state index is 12.5. The van der Waals surface area contributed by atoms with Gasteiger partial charge in [-0.3, -0.25) is 68.1 Å². The standard InChI is InChI=1S/2C16H24N2O2.C16H26N2O.C10H22N2.C10H19NO.C10H21N.2C9H18N2O.C9H17NO.C9H19NO/c1-16(2,3)17-10-5-11-18(15(19)12-17)13-6-8-14(20-4)9-7-13;1-16(2,3)17-10-9-15(19)18(12-11-17)13-5-7-14(20-4)8-6-13;1-16(2,3)18-10-6-9-17(11-12-18)14-7-5-8-15(13-14)19-4;1-10(2,3)12-7-5-6-11(4)8-9-12;1-10(2,3)11-8-6-4-5-7-9(11)12;1-10(2,3)11-8-6-4-5-7-9-11;1-9(2,3)11-6-4-8(12)10-5-7-11;1-9(2,3)11-6-4-5-10-8(12)7-11;1-9(2,3)10-5-8-4-7(10)6-11-8;1-9(2,3)10-5-4-7-11-8-6-10/h6-9H,5,10-12H2,1-4H3;5-8H,9-12H2,1-4H3;5,7-8,13H,6,9-12H2,1-4H3;5-9H2,1-4H3;4-8H2,1-3H3;4-9H2,1-3H3;2*4-7H2,1-3H3,(H,10,12);7-8H,4-6H2,1-3H3;4-8H2,1-3H3. The van der Waals surface area contributed by atoms with Crippen molar-refractivity contribution >= 4 is 46.6 Å². The van der Waals surface area contributed by atoms with Crippen molar-refractivity contribution < 1.29 is 47.7 Å². The summed E-state index contributed by atoms with van der Waals surface area (Å²) in [7, 11) is 7.23. The van der Waals surface area contributed by atoms with Gasteiger partial charge in [0.05, 0.1) is 53.7 Å². The van der Waals surface area contributed by atoms with Crippen LogP contribution in [0.25, 0.3) is 0 Å². The second-order valence-corrected chi connectivity index (χ2v) is 49.8. The van der Waals surface area contributed by atoms with Crippen LogP contribution in [0.4, 0.5) is 17.1 Å². The number of nitrogens with zero attached hydrogens (tertiary/aromatic N) is 14. The Hall–Kier alpha value is -6.27. The van der Waals surface area contributed by atoms with E-state index in [1.54, 1.807) is 21.3 Å². The Morgan fingerprint density at radius 1 is 0.314 bits per heavy atom. The molecule has 0 saturated carbocycles. The number of fused-ring (bicyclic) bond motifs is 2. The minimum absolute atomic E-state index is 0.0153. The lowest BCUT2D eigenvalue weighted by molar-refractivity contribution is -0.135. The number of anilines is 3. The molecule has 804 valence electrons. The molecule has 11 aliphatic heterocycles. The summed E-state index contributed by atoms with van der Waals surface area (Å²) in [5.41, 5.74) is 5.29. The number of benzene rings is 3. The molecule has 0 spiro atoms. The number of ether oxygens (including phenoxy) is 5. The van der Waals surface area contributed by atoms with E-state index in [0.29, 0.717) is 66.1 Å². The van der Waals surface area contributed by atoms with E-state index >= 15 is 0 Å². The first-order chi connectivity index (χ1) is 65.1. The van der Waals surface area contributed by atoms with Gasteiger partial charge in [-0.25, -0.2) is 0 Å². The van der Waals surface area contributed by atoms with Crippen LogP contribution in [0.1, 0.15) is 310 Å². The molecule has 0 aliphatic carbocycles. The van der Waals surface area contributed by atoms with E-state index in [2.05, 4.69) is 297 Å². The van der Waals surface area contributed by atoms with Gasteiger partial charge in [-0.05, 0) is 366 Å². The summed E-state index contributed by atoms with van der Waals surface area (Å²) in [4.78, 5) is 91.2. The predicted molar refractivity (Wildman–Crippen MR) is 586 cm³/mol. The number of carbonyl (C=O) groups is 5. The topological polar surface area (TPSA) is 201 Å². The summed E-state index contributed by atoms with van der Waals surface area (Å²) in [6.45, 7) is 95.7. The Morgan fingerprint density at radius 3 is 1.26 bits per heavy atom. The van der Waals surface area contributed by atoms with Gasteiger partial charge >= 0.3 is 0 Å². The minimum atomic E-state index is 0.0153. The highest BCUT2D eigenvalue weighted by Crippen LogP contribution is 2.35. The maximum atomic E-state index is 12.5. The van der Waals surface area contributed by atoms with Crippen LogP contribution in [0.3, 0.4) is 0 Å². The van der Waals surface area contributed by atoms with Gasteiger partial charge in [0.1, 0.15) is 17.2 Å². The fraction of sp³-hybridized carbons (Fsp3) is 0.798. The SMILES string of the molecule is CC(C)(C)N1CC2CC1CO2.CC(C)(C)N1CCCCCC1.CC(C)(C)N1CCCCCC1=O.CC(C)(C)N1CCCNC(=O)C1.CC(C)(C)N1CCCOCC1.CC(C)(C)N1CCNC(=O)CC1.CN1CCCN(C(C)(C)C)CC1.COc1ccc(N2CCCN(C(C)(C)C)CC2=O)cc1.COc1ccc(N2CCN(C(C)(C)C)CCC2=O)cc1.COc1cccc(N2CCCN(C(C)(C)C)CC2)c1. The molecular weight excluding hydrogens is 1750 g/mol. The molecule has 3 aromatic rings. The van der Waals surface area contributed by atoms with Gasteiger partial charge in [-0.1, -0.05) is 25.3 Å². The molecule has 14 rings (SSSR count). The Morgan fingerprint density at radius 2 is 0.750 bits per heavy atom. The summed E-state index contributed by atoms with van der Waals surface area (Å²) in [5.74, 6) is 3.60. The minimum Gasteiger partial charge on any atom is -0.497 e. The molecule has 0 aromatic heterocycles. The lowest BCUT2D eigenvalue weighted by atomic mass is 10.1. The Bertz CT molecular complexity index is 3910. The highest BCUT2D eigenvalue weighted by atomic mass is 16.5. The molecule has 2 N–H and O–H groups in total. The largest absolute Gasteiger partial charge is 0.497 e. The fourth-order valence-electron chi connectivity index (χ4n) is 19.3. The number of hydrogen-bond donors (Lipinski definition) is 2. The van der Waals surface area contributed by atoms with Gasteiger partial charge < -0.3 is 58.8 Å². The molecule has 26 heteroatoms. The fourth-order valence-corrected chi connectivity index (χ4v) is 19.3. The first-order valence-electron chi connectivity index (χ1n) is 53.9. The number of hydrogen-bond acceptors (Lipinski definition) is 21. The van der Waals surface area contributed by atoms with Gasteiger partial charge in [-0.15, -0.1) is 0 Å². The predicted octanol–water partition coefficient (Wildman–Crippen LogP) is 18.3. The van der Waals surface area contributed by atoms with Crippen molar-refractivity contribution in [3.63, 3.8) is 0 Å². The number of rotatable bonds is 6. The van der Waals surface area contributed by atoms with Gasteiger partial charge in [0, 0.05) is 241 Å². The Labute approximate surface area is 855 Å². The summed E-state index contributed by atoms with van der Waals surface area (Å²) < 4.78 is 26.5. The quantitative estimate of drug-likeness (QED) is 0.236. The average molecular weight is 1960 g/mol. The number of amides is 5. The van der Waals surface area contributed by atoms with Crippen LogP contribution >= 0.6 is 0 Å². The molecule has 11 saturated heterocycles. The maximum Gasteiger partial charge on any atom is 0.241 e. The molecule has 11 fully saturated rings. The highest BCUT2D eigenvalue weighted by Gasteiger charge is 2.44. The molecule has 2 bridgehead atoms. The van der Waals surface area contributed by atoms with Crippen LogP contribution in [0.5, 0.6) is 17.2 Å². The van der Waals surface area contributed by atoms with Crippen LogP contribution in [-0.2, 0) is 33.4 Å². The van der Waals surface area contributed by atoms with Crippen LogP contribution in [0.2, 0.25) is 0 Å². The molecule has 3 aromatic carbocycles. The van der Waals surface area contributed by atoms with Crippen molar-refractivity contribution in [3.05, 3.63) is 72.8 Å². The normalized spacial score (nSPS) is 21.9. The number of morpholine rings is 1. The van der Waals surface area contributed by atoms with Crippen LogP contribution in [0, 0.1) is 0 Å². The zero-order valence-electron chi connectivity index (χ0n) is 95.7. The first-order valence-corrected chi connectivity index (χ1v) is 53.9. The van der Waals surface area contributed by atoms with Crippen molar-refractivity contribution in [2.75, 3.05) is 233 Å². The van der Waals surface area contributed by atoms with E-state index in [9.17, 15) is 24.0 Å². The summed E-state index contributed by atoms with van der Waals surface area (Å²) in [6, 6.07) is 24.5. The molecule has 11 heterocycles. The van der Waals surface area contributed by atoms with Crippen LogP contribution < -0.4 is 39.5 Å². The number of carbonyl (C=O) groups excluding carboxylic acids is 5. The second-order valence-electron chi connectivity index (χ2n) is 49.8. The average Bonchev–Trinajstić information content (AvgIpc) is 1.64. The lowest BCUT2D eigenvalue weighted by Gasteiger charge is -2.38. The van der Waals surface area contributed by atoms with E-state index in [0.717, 1.165) is 179 Å². The molecule has 0 radical (unpaired) electrons. The zero-order chi connectivity index (χ0) is 105. The molecule has 11 aliphatic rings. The molecule has 2 unspecified atom stereocenters. The smallest absolute Gasteiger partial charge is 0.241 e. The van der Waals surface area contributed by atoms with Gasteiger partial charge in [0.2, 0.25) is 29.5 Å². The van der Waals surface area contributed by atoms with Crippen molar-refractivity contribution in [2.24, 2.45) is 0 Å². The number of likely N-dealkylation sites (tertiary alicyclic amines) is 3. The molecule has 140 heavy (non-hydrogen) atoms. The summed E-state index contributed by atoms with van der Waals surface area (Å²) in [5, 5.41) is 5.73. The van der Waals surface area contributed by atoms with Gasteiger partial charge in [0.15, 0.2) is 0 Å². The summed E-state index contributed by atoms with van der Waals surface area (Å²) >= 11 is 0. The Balaban J connectivity index is 0.000000277. The third-order valence-electron chi connectivity index (χ3n) is 28.5. The lowest BCUT2D eigenvalue weighted by Crippen LogP contribution is -2.48. The van der Waals surface area contributed by atoms with Crippen LogP contribution in [0.15, 0.2) is 72.8 Å². The van der Waals surface area contributed by atoms with Gasteiger partial charge in [0.25, 0.3) is 0 Å². The van der Waals surface area contributed by atoms with Crippen molar-refractivity contribution in [1.82, 2.24) is 64.5 Å². The number of likely N-dealkylation sites (N-methyl/N-ethyl adjacent to an activating group) is 1. The third-order valence-corrected chi connectivity index (χ3v) is 28.5. The first kappa shape index (κ1) is 124. The molecular formula is C114H208N16O10. The van der Waals surface area contributed by atoms with Crippen molar-refractivity contribution in [1.29, 1.82) is 0 Å². The second kappa shape index (κ2) is 58.3.